The number of esters is 1. The fourth-order valence-electron chi connectivity index (χ4n) is 2.17. The number of Topliss-reactive ketones (excluding diaryl/α,β-unsaturated/α-hetero) is 1. The summed E-state index contributed by atoms with van der Waals surface area (Å²) in [5.41, 5.74) is 1.27. The molecule has 0 bridgehead atoms. The fraction of sp³-hybridized carbons (Fsp3) is 0.467. The molecule has 1 aliphatic heterocycles. The van der Waals surface area contributed by atoms with E-state index in [9.17, 15) is 9.59 Å². The number of carbonyl (C=O) groups is 2. The van der Waals surface area contributed by atoms with Gasteiger partial charge in [0, 0.05) is 17.6 Å². The average molecular weight is 261 g/mol. The van der Waals surface area contributed by atoms with Crippen LogP contribution in [0.2, 0.25) is 0 Å². The van der Waals surface area contributed by atoms with E-state index in [0.29, 0.717) is 12.1 Å². The standard InChI is InChI=1S/C15H19NO3/c1-15(2)8-9-16(10-13(15)17)12-6-4-11(5-7-12)14(18)19-3/h4-7H,8-10H2,1-3H3. The first kappa shape index (κ1) is 13.6. The van der Waals surface area contributed by atoms with Crippen LogP contribution in [0.4, 0.5) is 5.69 Å². The van der Waals surface area contributed by atoms with E-state index in [2.05, 4.69) is 9.64 Å². The van der Waals surface area contributed by atoms with E-state index in [1.54, 1.807) is 12.1 Å². The summed E-state index contributed by atoms with van der Waals surface area (Å²) in [5.74, 6) is -0.0850. The van der Waals surface area contributed by atoms with E-state index in [1.165, 1.54) is 7.11 Å². The topological polar surface area (TPSA) is 46.6 Å². The van der Waals surface area contributed by atoms with E-state index >= 15 is 0 Å². The van der Waals surface area contributed by atoms with Crippen LogP contribution in [0, 0.1) is 5.41 Å². The maximum atomic E-state index is 12.0. The molecule has 0 aromatic heterocycles. The molecule has 1 fully saturated rings. The molecule has 1 aliphatic rings. The van der Waals surface area contributed by atoms with Crippen molar-refractivity contribution in [2.75, 3.05) is 25.1 Å². The SMILES string of the molecule is COC(=O)c1ccc(N2CCC(C)(C)C(=O)C2)cc1. The normalized spacial score (nSPS) is 18.3. The Balaban J connectivity index is 2.12. The molecule has 1 aromatic carbocycles. The summed E-state index contributed by atoms with van der Waals surface area (Å²) in [5, 5.41) is 0. The molecule has 0 amide bonds. The van der Waals surface area contributed by atoms with Gasteiger partial charge < -0.3 is 9.64 Å². The van der Waals surface area contributed by atoms with E-state index in [-0.39, 0.29) is 17.2 Å². The largest absolute Gasteiger partial charge is 0.465 e. The maximum absolute atomic E-state index is 12.0. The summed E-state index contributed by atoms with van der Waals surface area (Å²) < 4.78 is 4.66. The van der Waals surface area contributed by atoms with Crippen LogP contribution in [0.1, 0.15) is 30.6 Å². The summed E-state index contributed by atoms with van der Waals surface area (Å²) >= 11 is 0. The summed E-state index contributed by atoms with van der Waals surface area (Å²) in [7, 11) is 1.36. The number of anilines is 1. The van der Waals surface area contributed by atoms with Gasteiger partial charge in [0.2, 0.25) is 0 Å². The Morgan fingerprint density at radius 1 is 1.26 bits per heavy atom. The van der Waals surface area contributed by atoms with Crippen LogP contribution in [0.3, 0.4) is 0 Å². The van der Waals surface area contributed by atoms with Gasteiger partial charge in [0.25, 0.3) is 0 Å². The molecule has 19 heavy (non-hydrogen) atoms. The molecule has 1 heterocycles. The van der Waals surface area contributed by atoms with Gasteiger partial charge in [-0.1, -0.05) is 13.8 Å². The van der Waals surface area contributed by atoms with Crippen LogP contribution in [0.5, 0.6) is 0 Å². The molecule has 4 nitrogen and oxygen atoms in total. The second kappa shape index (κ2) is 5.03. The van der Waals surface area contributed by atoms with Gasteiger partial charge >= 0.3 is 5.97 Å². The molecule has 0 unspecified atom stereocenters. The third-order valence-electron chi connectivity index (χ3n) is 3.75. The number of hydrogen-bond donors (Lipinski definition) is 0. The molecule has 102 valence electrons. The van der Waals surface area contributed by atoms with Crippen molar-refractivity contribution >= 4 is 17.4 Å². The molecule has 0 radical (unpaired) electrons. The maximum Gasteiger partial charge on any atom is 0.337 e. The van der Waals surface area contributed by atoms with Gasteiger partial charge in [-0.25, -0.2) is 4.79 Å². The summed E-state index contributed by atoms with van der Waals surface area (Å²) in [6, 6.07) is 7.17. The Morgan fingerprint density at radius 3 is 2.42 bits per heavy atom. The minimum absolute atomic E-state index is 0.220. The molecule has 4 heteroatoms. The molecule has 0 saturated carbocycles. The number of hydrogen-bond acceptors (Lipinski definition) is 4. The molecule has 2 rings (SSSR count). The lowest BCUT2D eigenvalue weighted by Gasteiger charge is -2.36. The number of methoxy groups -OCH3 is 1. The van der Waals surface area contributed by atoms with E-state index in [0.717, 1.165) is 18.7 Å². The van der Waals surface area contributed by atoms with Crippen molar-refractivity contribution in [3.8, 4) is 0 Å². The predicted molar refractivity (Wildman–Crippen MR) is 73.4 cm³/mol. The number of piperidine rings is 1. The smallest absolute Gasteiger partial charge is 0.337 e. The Hall–Kier alpha value is -1.84. The lowest BCUT2D eigenvalue weighted by molar-refractivity contribution is -0.127. The van der Waals surface area contributed by atoms with Crippen LogP contribution < -0.4 is 4.90 Å². The highest BCUT2D eigenvalue weighted by molar-refractivity contribution is 5.91. The quantitative estimate of drug-likeness (QED) is 0.766. The van der Waals surface area contributed by atoms with Crippen LogP contribution in [-0.2, 0) is 9.53 Å². The Labute approximate surface area is 113 Å². The highest BCUT2D eigenvalue weighted by Crippen LogP contribution is 2.29. The van der Waals surface area contributed by atoms with Crippen molar-refractivity contribution in [3.05, 3.63) is 29.8 Å². The Kier molecular flexibility index (Phi) is 3.60. The fourth-order valence-corrected chi connectivity index (χ4v) is 2.17. The van der Waals surface area contributed by atoms with Crippen LogP contribution in [0.25, 0.3) is 0 Å². The van der Waals surface area contributed by atoms with Gasteiger partial charge in [0.1, 0.15) is 0 Å². The van der Waals surface area contributed by atoms with Crippen molar-refractivity contribution in [1.82, 2.24) is 0 Å². The number of benzene rings is 1. The van der Waals surface area contributed by atoms with E-state index in [4.69, 9.17) is 0 Å². The molecular weight excluding hydrogens is 242 g/mol. The third-order valence-corrected chi connectivity index (χ3v) is 3.75. The van der Waals surface area contributed by atoms with Crippen molar-refractivity contribution in [2.45, 2.75) is 20.3 Å². The van der Waals surface area contributed by atoms with Crippen molar-refractivity contribution in [3.63, 3.8) is 0 Å². The third kappa shape index (κ3) is 2.78. The van der Waals surface area contributed by atoms with Crippen molar-refractivity contribution in [2.24, 2.45) is 5.41 Å². The minimum Gasteiger partial charge on any atom is -0.465 e. The molecule has 1 aromatic rings. The molecule has 0 N–H and O–H groups in total. The van der Waals surface area contributed by atoms with Crippen LogP contribution in [-0.4, -0.2) is 32.0 Å². The number of carbonyl (C=O) groups excluding carboxylic acids is 2. The molecule has 0 atom stereocenters. The summed E-state index contributed by atoms with van der Waals surface area (Å²) in [4.78, 5) is 25.4. The summed E-state index contributed by atoms with van der Waals surface area (Å²) in [6.45, 7) is 5.28. The number of ether oxygens (including phenoxy) is 1. The van der Waals surface area contributed by atoms with Gasteiger partial charge in [0.05, 0.1) is 19.2 Å². The second-order valence-corrected chi connectivity index (χ2v) is 5.52. The zero-order valence-electron chi connectivity index (χ0n) is 11.6. The number of rotatable bonds is 2. The second-order valence-electron chi connectivity index (χ2n) is 5.52. The van der Waals surface area contributed by atoms with Crippen molar-refractivity contribution in [1.29, 1.82) is 0 Å². The molecule has 0 aliphatic carbocycles. The molecule has 1 saturated heterocycles. The van der Waals surface area contributed by atoms with E-state index in [1.807, 2.05) is 26.0 Å². The van der Waals surface area contributed by atoms with Gasteiger partial charge in [-0.2, -0.15) is 0 Å². The minimum atomic E-state index is -0.345. The van der Waals surface area contributed by atoms with E-state index < -0.39 is 0 Å². The Morgan fingerprint density at radius 2 is 1.89 bits per heavy atom. The lowest BCUT2D eigenvalue weighted by Crippen LogP contribution is -2.45. The lowest BCUT2D eigenvalue weighted by atomic mass is 9.81. The van der Waals surface area contributed by atoms with Crippen LogP contribution >= 0.6 is 0 Å². The predicted octanol–water partition coefficient (Wildman–Crippen LogP) is 2.28. The number of nitrogens with zero attached hydrogens (tertiary/aromatic N) is 1. The first-order valence-electron chi connectivity index (χ1n) is 6.41. The monoisotopic (exact) mass is 261 g/mol. The average Bonchev–Trinajstić information content (AvgIpc) is 2.41. The molecule has 0 spiro atoms. The summed E-state index contributed by atoms with van der Waals surface area (Å²) in [6.07, 6.45) is 0.852. The number of ketones is 1. The zero-order chi connectivity index (χ0) is 14.0. The Bertz CT molecular complexity index is 491. The van der Waals surface area contributed by atoms with Gasteiger partial charge in [0.15, 0.2) is 5.78 Å². The molecular formula is C15H19NO3. The first-order chi connectivity index (χ1) is 8.94. The van der Waals surface area contributed by atoms with Gasteiger partial charge in [-0.3, -0.25) is 4.79 Å². The zero-order valence-corrected chi connectivity index (χ0v) is 11.6. The van der Waals surface area contributed by atoms with Gasteiger partial charge in [-0.15, -0.1) is 0 Å². The van der Waals surface area contributed by atoms with Crippen LogP contribution in [0.15, 0.2) is 24.3 Å². The first-order valence-corrected chi connectivity index (χ1v) is 6.41. The highest BCUT2D eigenvalue weighted by atomic mass is 16.5. The highest BCUT2D eigenvalue weighted by Gasteiger charge is 2.33. The van der Waals surface area contributed by atoms with Crippen molar-refractivity contribution < 1.29 is 14.3 Å². The van der Waals surface area contributed by atoms with Gasteiger partial charge in [-0.05, 0) is 30.7 Å².